The normalized spacial score (nSPS) is 15.3. The first-order chi connectivity index (χ1) is 18.7. The number of hydrogen-bond donors (Lipinski definition) is 3. The molecule has 11 heteroatoms. The minimum absolute atomic E-state index is 0.0967. The van der Waals surface area contributed by atoms with Gasteiger partial charge in [-0.05, 0) is 61.2 Å². The van der Waals surface area contributed by atoms with E-state index in [1.54, 1.807) is 17.2 Å². The van der Waals surface area contributed by atoms with Crippen molar-refractivity contribution in [2.45, 2.75) is 32.4 Å². The minimum atomic E-state index is -0.989. The molecule has 0 spiro atoms. The van der Waals surface area contributed by atoms with Gasteiger partial charge in [-0.2, -0.15) is 0 Å². The topological polar surface area (TPSA) is 121 Å². The third-order valence-electron chi connectivity index (χ3n) is 6.77. The second-order valence-electron chi connectivity index (χ2n) is 9.81. The summed E-state index contributed by atoms with van der Waals surface area (Å²) in [6.45, 7) is 3.13. The van der Waals surface area contributed by atoms with Gasteiger partial charge in [-0.25, -0.2) is 14.4 Å². The van der Waals surface area contributed by atoms with Crippen molar-refractivity contribution >= 4 is 28.6 Å². The molecule has 1 saturated heterocycles. The third-order valence-corrected chi connectivity index (χ3v) is 6.99. The minimum Gasteiger partial charge on any atom is -0.508 e. The van der Waals surface area contributed by atoms with Crippen LogP contribution in [0.2, 0.25) is 5.02 Å². The van der Waals surface area contributed by atoms with Crippen molar-refractivity contribution in [1.29, 1.82) is 0 Å². The smallest absolute Gasteiger partial charge is 0.317 e. The molecule has 1 aliphatic heterocycles. The second kappa shape index (κ2) is 11.1. The summed E-state index contributed by atoms with van der Waals surface area (Å²) in [6.07, 6.45) is 4.77. The number of carboxylic acids is 1. The molecule has 202 valence electrons. The molecular formula is C28H27ClFN5O4. The molecule has 3 heterocycles. The molecule has 0 bridgehead atoms. The molecule has 0 unspecified atom stereocenters. The average Bonchev–Trinajstić information content (AvgIpc) is 3.35. The quantitative estimate of drug-likeness (QED) is 0.302. The highest BCUT2D eigenvalue weighted by Gasteiger charge is 2.24. The number of halogens is 2. The first-order valence-electron chi connectivity index (χ1n) is 12.5. The predicted molar refractivity (Wildman–Crippen MR) is 146 cm³/mol. The van der Waals surface area contributed by atoms with Crippen molar-refractivity contribution < 1.29 is 19.4 Å². The number of aromatic nitrogens is 3. The standard InChI is InChI=1S/C28H27ClFN5O4/c1-16-5-17(7-18(29)6-16)23-11-32-27-26(24(23)13-34(14-25(37)38)12-20-3-2-4-31-20)28(39)35(15-33-27)21-8-19(30)9-22(36)10-21/h5-11,15,20,31,36H,2-4,12-14H2,1H3,(H,37,38)/t20-/m0/s1. The molecule has 39 heavy (non-hydrogen) atoms. The maximum atomic E-state index is 14.1. The number of hydrogen-bond acceptors (Lipinski definition) is 7. The first-order valence-corrected chi connectivity index (χ1v) is 12.9. The summed E-state index contributed by atoms with van der Waals surface area (Å²) < 4.78 is 15.2. The Kier molecular flexibility index (Phi) is 7.60. The molecule has 9 nitrogen and oxygen atoms in total. The number of benzene rings is 2. The van der Waals surface area contributed by atoms with Crippen LogP contribution in [0.15, 0.2) is 53.7 Å². The van der Waals surface area contributed by atoms with Crippen LogP contribution in [0.4, 0.5) is 4.39 Å². The molecule has 1 aliphatic rings. The van der Waals surface area contributed by atoms with Crippen LogP contribution in [-0.2, 0) is 11.3 Å². The summed E-state index contributed by atoms with van der Waals surface area (Å²) in [6, 6.07) is 8.94. The highest BCUT2D eigenvalue weighted by atomic mass is 35.5. The van der Waals surface area contributed by atoms with Crippen LogP contribution in [0, 0.1) is 12.7 Å². The molecule has 1 atom stereocenters. The van der Waals surface area contributed by atoms with Crippen molar-refractivity contribution in [3.63, 3.8) is 0 Å². The molecule has 0 saturated carbocycles. The number of pyridine rings is 1. The molecule has 2 aromatic carbocycles. The maximum Gasteiger partial charge on any atom is 0.317 e. The lowest BCUT2D eigenvalue weighted by Gasteiger charge is -2.26. The van der Waals surface area contributed by atoms with E-state index < -0.39 is 17.3 Å². The number of rotatable bonds is 8. The fourth-order valence-corrected chi connectivity index (χ4v) is 5.45. The Labute approximate surface area is 228 Å². The number of fused-ring (bicyclic) bond motifs is 1. The average molecular weight is 552 g/mol. The Morgan fingerprint density at radius 1 is 1.23 bits per heavy atom. The zero-order valence-electron chi connectivity index (χ0n) is 21.2. The number of aliphatic carboxylic acids is 1. The Balaban J connectivity index is 1.73. The summed E-state index contributed by atoms with van der Waals surface area (Å²) >= 11 is 6.37. The monoisotopic (exact) mass is 551 g/mol. The van der Waals surface area contributed by atoms with Crippen LogP contribution in [0.1, 0.15) is 24.0 Å². The SMILES string of the molecule is Cc1cc(Cl)cc(-c2cnc3ncn(-c4cc(O)cc(F)c4)c(=O)c3c2CN(CC(=O)O)C[C@@H]2CCCN2)c1. The highest BCUT2D eigenvalue weighted by Crippen LogP contribution is 2.31. The van der Waals surface area contributed by atoms with Gasteiger partial charge in [-0.1, -0.05) is 17.7 Å². The second-order valence-corrected chi connectivity index (χ2v) is 10.2. The van der Waals surface area contributed by atoms with Gasteiger partial charge in [-0.3, -0.25) is 19.1 Å². The lowest BCUT2D eigenvalue weighted by Crippen LogP contribution is -2.40. The molecule has 1 fully saturated rings. The molecule has 4 aromatic rings. The Hall–Kier alpha value is -3.86. The van der Waals surface area contributed by atoms with Gasteiger partial charge in [0, 0.05) is 48.0 Å². The van der Waals surface area contributed by atoms with E-state index in [2.05, 4.69) is 15.3 Å². The van der Waals surface area contributed by atoms with Gasteiger partial charge < -0.3 is 15.5 Å². The van der Waals surface area contributed by atoms with Crippen molar-refractivity contribution in [3.05, 3.63) is 81.2 Å². The number of phenolic OH excluding ortho intramolecular Hbond substituents is 1. The molecule has 0 amide bonds. The van der Waals surface area contributed by atoms with Crippen molar-refractivity contribution in [1.82, 2.24) is 24.8 Å². The lowest BCUT2D eigenvalue weighted by molar-refractivity contribution is -0.138. The van der Waals surface area contributed by atoms with Crippen LogP contribution in [0.3, 0.4) is 0 Å². The van der Waals surface area contributed by atoms with Gasteiger partial charge in [0.2, 0.25) is 0 Å². The van der Waals surface area contributed by atoms with Crippen molar-refractivity contribution in [3.8, 4) is 22.6 Å². The van der Waals surface area contributed by atoms with Gasteiger partial charge in [0.05, 0.1) is 17.6 Å². The van der Waals surface area contributed by atoms with Gasteiger partial charge in [0.25, 0.3) is 5.56 Å². The Morgan fingerprint density at radius 3 is 2.74 bits per heavy atom. The van der Waals surface area contributed by atoms with E-state index in [0.29, 0.717) is 22.7 Å². The molecule has 3 N–H and O–H groups in total. The zero-order valence-corrected chi connectivity index (χ0v) is 22.0. The number of nitrogens with zero attached hydrogens (tertiary/aromatic N) is 4. The van der Waals surface area contributed by atoms with E-state index in [9.17, 15) is 24.2 Å². The lowest BCUT2D eigenvalue weighted by atomic mass is 9.97. The van der Waals surface area contributed by atoms with E-state index >= 15 is 0 Å². The Bertz CT molecular complexity index is 1570. The molecule has 0 radical (unpaired) electrons. The van der Waals surface area contributed by atoms with Crippen LogP contribution in [0.5, 0.6) is 5.75 Å². The molecular weight excluding hydrogens is 525 g/mol. The van der Waals surface area contributed by atoms with E-state index in [-0.39, 0.29) is 41.6 Å². The summed E-state index contributed by atoms with van der Waals surface area (Å²) in [4.78, 5) is 36.3. The number of carboxylic acid groups (broad SMARTS) is 1. The fraction of sp³-hybridized carbons (Fsp3) is 0.286. The molecule has 5 rings (SSSR count). The number of carbonyl (C=O) groups is 1. The van der Waals surface area contributed by atoms with Crippen LogP contribution in [0.25, 0.3) is 27.8 Å². The van der Waals surface area contributed by atoms with Gasteiger partial charge in [0.15, 0.2) is 5.65 Å². The number of nitrogens with one attached hydrogen (secondary N) is 1. The van der Waals surface area contributed by atoms with E-state index in [4.69, 9.17) is 11.6 Å². The zero-order chi connectivity index (χ0) is 27.7. The predicted octanol–water partition coefficient (Wildman–Crippen LogP) is 3.89. The fourth-order valence-electron chi connectivity index (χ4n) is 5.16. The number of phenols is 1. The largest absolute Gasteiger partial charge is 0.508 e. The van der Waals surface area contributed by atoms with Crippen LogP contribution in [-0.4, -0.2) is 61.3 Å². The number of aromatic hydroxyl groups is 1. The third kappa shape index (κ3) is 5.93. The molecule has 2 aromatic heterocycles. The van der Waals surface area contributed by atoms with Crippen LogP contribution < -0.4 is 10.9 Å². The van der Waals surface area contributed by atoms with Gasteiger partial charge in [-0.15, -0.1) is 0 Å². The van der Waals surface area contributed by atoms with E-state index in [0.717, 1.165) is 47.2 Å². The Morgan fingerprint density at radius 2 is 2.05 bits per heavy atom. The summed E-state index contributed by atoms with van der Waals surface area (Å²) in [7, 11) is 0. The van der Waals surface area contributed by atoms with Gasteiger partial charge >= 0.3 is 5.97 Å². The molecule has 0 aliphatic carbocycles. The highest BCUT2D eigenvalue weighted by molar-refractivity contribution is 6.31. The van der Waals surface area contributed by atoms with Crippen molar-refractivity contribution in [2.24, 2.45) is 0 Å². The summed E-state index contributed by atoms with van der Waals surface area (Å²) in [5.41, 5.74) is 2.51. The van der Waals surface area contributed by atoms with Crippen molar-refractivity contribution in [2.75, 3.05) is 19.6 Å². The van der Waals surface area contributed by atoms with E-state index in [1.165, 1.54) is 12.4 Å². The van der Waals surface area contributed by atoms with E-state index in [1.807, 2.05) is 19.1 Å². The maximum absolute atomic E-state index is 14.1. The summed E-state index contributed by atoms with van der Waals surface area (Å²) in [5.74, 6) is -2.04. The first kappa shape index (κ1) is 26.7. The number of aryl methyl sites for hydroxylation is 1. The summed E-state index contributed by atoms with van der Waals surface area (Å²) in [5, 5.41) is 23.7. The van der Waals surface area contributed by atoms with Crippen LogP contribution >= 0.6 is 11.6 Å². The van der Waals surface area contributed by atoms with Gasteiger partial charge in [0.1, 0.15) is 17.9 Å².